The van der Waals surface area contributed by atoms with Crippen LogP contribution < -0.4 is 14.8 Å². The summed E-state index contributed by atoms with van der Waals surface area (Å²) in [5.74, 6) is 1.28. The number of hydrogen-bond acceptors (Lipinski definition) is 5. The van der Waals surface area contributed by atoms with E-state index < -0.39 is 0 Å². The lowest BCUT2D eigenvalue weighted by Crippen LogP contribution is -2.30. The Morgan fingerprint density at radius 2 is 2.00 bits per heavy atom. The van der Waals surface area contributed by atoms with E-state index in [1.165, 1.54) is 11.8 Å². The summed E-state index contributed by atoms with van der Waals surface area (Å²) in [6.45, 7) is 2.30. The molecule has 1 amide bonds. The molecular weight excluding hydrogens is 312 g/mol. The largest absolute Gasteiger partial charge is 0.493 e. The molecule has 0 aliphatic carbocycles. The van der Waals surface area contributed by atoms with Gasteiger partial charge in [0.2, 0.25) is 5.91 Å². The molecule has 5 nitrogen and oxygen atoms in total. The summed E-state index contributed by atoms with van der Waals surface area (Å²) in [5, 5.41) is 3.54. The van der Waals surface area contributed by atoms with Gasteiger partial charge in [-0.1, -0.05) is 23.9 Å². The zero-order valence-corrected chi connectivity index (χ0v) is 14.2. The Morgan fingerprint density at radius 3 is 2.65 bits per heavy atom. The Hall–Kier alpha value is -2.21. The molecule has 0 saturated carbocycles. The third-order valence-electron chi connectivity index (χ3n) is 3.22. The molecule has 6 heteroatoms. The first kappa shape index (κ1) is 17.1. The zero-order valence-electron chi connectivity index (χ0n) is 13.4. The summed E-state index contributed by atoms with van der Waals surface area (Å²) < 4.78 is 10.5. The van der Waals surface area contributed by atoms with Gasteiger partial charge in [-0.05, 0) is 36.8 Å². The van der Waals surface area contributed by atoms with Crippen molar-refractivity contribution in [3.63, 3.8) is 0 Å². The fourth-order valence-corrected chi connectivity index (χ4v) is 2.81. The summed E-state index contributed by atoms with van der Waals surface area (Å²) in [6.07, 6.45) is 1.72. The van der Waals surface area contributed by atoms with Crippen molar-refractivity contribution in [2.45, 2.75) is 23.7 Å². The number of amides is 1. The van der Waals surface area contributed by atoms with Crippen LogP contribution in [0.25, 0.3) is 0 Å². The number of carbonyl (C=O) groups is 1. The van der Waals surface area contributed by atoms with E-state index in [1.54, 1.807) is 20.4 Å². The number of benzene rings is 1. The van der Waals surface area contributed by atoms with Gasteiger partial charge in [0.05, 0.1) is 24.5 Å². The van der Waals surface area contributed by atoms with Crippen LogP contribution in [0.2, 0.25) is 0 Å². The lowest BCUT2D eigenvalue weighted by atomic mass is 10.2. The van der Waals surface area contributed by atoms with Crippen LogP contribution in [0.5, 0.6) is 11.5 Å². The molecule has 0 aliphatic rings. The van der Waals surface area contributed by atoms with E-state index in [4.69, 9.17) is 9.47 Å². The predicted octanol–water partition coefficient (Wildman–Crippen LogP) is 2.90. The molecule has 0 radical (unpaired) electrons. The van der Waals surface area contributed by atoms with Crippen LogP contribution in [0.1, 0.15) is 12.5 Å². The Morgan fingerprint density at radius 1 is 1.22 bits per heavy atom. The molecule has 1 aromatic heterocycles. The van der Waals surface area contributed by atoms with Crippen molar-refractivity contribution < 1.29 is 14.3 Å². The van der Waals surface area contributed by atoms with E-state index in [2.05, 4.69) is 10.3 Å². The maximum absolute atomic E-state index is 12.2. The van der Waals surface area contributed by atoms with Gasteiger partial charge < -0.3 is 14.8 Å². The number of ether oxygens (including phenoxy) is 2. The highest BCUT2D eigenvalue weighted by Gasteiger charge is 2.15. The Bertz CT molecular complexity index is 650. The van der Waals surface area contributed by atoms with Gasteiger partial charge in [0.25, 0.3) is 0 Å². The van der Waals surface area contributed by atoms with Gasteiger partial charge in [0.1, 0.15) is 0 Å². The molecule has 1 atom stereocenters. The number of nitrogens with one attached hydrogen (secondary N) is 1. The number of rotatable bonds is 7. The van der Waals surface area contributed by atoms with E-state index >= 15 is 0 Å². The zero-order chi connectivity index (χ0) is 16.7. The second-order valence-electron chi connectivity index (χ2n) is 4.84. The standard InChI is InChI=1S/C17H20N2O3S/c1-12(23-16-6-4-5-9-18-16)17(20)19-11-13-7-8-14(21-2)15(10-13)22-3/h4-10,12H,11H2,1-3H3,(H,19,20). The van der Waals surface area contributed by atoms with Crippen LogP contribution in [-0.4, -0.2) is 30.4 Å². The third-order valence-corrected chi connectivity index (χ3v) is 4.27. The molecule has 1 unspecified atom stereocenters. The fourth-order valence-electron chi connectivity index (χ4n) is 1.97. The highest BCUT2D eigenvalue weighted by molar-refractivity contribution is 8.00. The van der Waals surface area contributed by atoms with Crippen molar-refractivity contribution >= 4 is 17.7 Å². The molecule has 1 N–H and O–H groups in total. The summed E-state index contributed by atoms with van der Waals surface area (Å²) in [4.78, 5) is 16.4. The van der Waals surface area contributed by atoms with E-state index in [9.17, 15) is 4.79 Å². The summed E-state index contributed by atoms with van der Waals surface area (Å²) in [6, 6.07) is 11.2. The normalized spacial score (nSPS) is 11.6. The van der Waals surface area contributed by atoms with E-state index in [-0.39, 0.29) is 11.2 Å². The SMILES string of the molecule is COc1ccc(CNC(=O)C(C)Sc2ccccn2)cc1OC. The van der Waals surface area contributed by atoms with Crippen molar-refractivity contribution in [1.29, 1.82) is 0 Å². The molecule has 0 spiro atoms. The maximum atomic E-state index is 12.2. The van der Waals surface area contributed by atoms with Crippen molar-refractivity contribution in [2.24, 2.45) is 0 Å². The summed E-state index contributed by atoms with van der Waals surface area (Å²) in [7, 11) is 3.18. The number of carbonyl (C=O) groups excluding carboxylic acids is 1. The average Bonchev–Trinajstić information content (AvgIpc) is 2.60. The van der Waals surface area contributed by atoms with Crippen LogP contribution in [0.3, 0.4) is 0 Å². The van der Waals surface area contributed by atoms with Gasteiger partial charge >= 0.3 is 0 Å². The Balaban J connectivity index is 1.91. The minimum atomic E-state index is -0.218. The highest BCUT2D eigenvalue weighted by Crippen LogP contribution is 2.27. The molecule has 1 aromatic carbocycles. The quantitative estimate of drug-likeness (QED) is 0.790. The molecule has 0 saturated heterocycles. The number of thioether (sulfide) groups is 1. The Kier molecular flexibility index (Phi) is 6.29. The minimum absolute atomic E-state index is 0.0320. The van der Waals surface area contributed by atoms with Crippen LogP contribution >= 0.6 is 11.8 Å². The topological polar surface area (TPSA) is 60.5 Å². The molecular formula is C17H20N2O3S. The van der Waals surface area contributed by atoms with Gasteiger partial charge in [-0.3, -0.25) is 4.79 Å². The number of hydrogen-bond donors (Lipinski definition) is 1. The third kappa shape index (κ3) is 4.89. The highest BCUT2D eigenvalue weighted by atomic mass is 32.2. The van der Waals surface area contributed by atoms with Crippen LogP contribution in [0.15, 0.2) is 47.6 Å². The molecule has 2 rings (SSSR count). The molecule has 0 bridgehead atoms. The monoisotopic (exact) mass is 332 g/mol. The van der Waals surface area contributed by atoms with E-state index in [0.717, 1.165) is 10.6 Å². The summed E-state index contributed by atoms with van der Waals surface area (Å²) >= 11 is 1.43. The van der Waals surface area contributed by atoms with Crippen molar-refractivity contribution in [3.8, 4) is 11.5 Å². The van der Waals surface area contributed by atoms with Gasteiger partial charge in [-0.2, -0.15) is 0 Å². The molecule has 2 aromatic rings. The van der Waals surface area contributed by atoms with Crippen LogP contribution in [0, 0.1) is 0 Å². The molecule has 0 fully saturated rings. The molecule has 1 heterocycles. The van der Waals surface area contributed by atoms with Crippen molar-refractivity contribution in [3.05, 3.63) is 48.2 Å². The first-order chi connectivity index (χ1) is 11.1. The second-order valence-corrected chi connectivity index (χ2v) is 6.20. The fraction of sp³-hybridized carbons (Fsp3) is 0.294. The van der Waals surface area contributed by atoms with Crippen LogP contribution in [-0.2, 0) is 11.3 Å². The number of aromatic nitrogens is 1. The second kappa shape index (κ2) is 8.43. The lowest BCUT2D eigenvalue weighted by Gasteiger charge is -2.13. The summed E-state index contributed by atoms with van der Waals surface area (Å²) in [5.41, 5.74) is 0.950. The average molecular weight is 332 g/mol. The molecule has 23 heavy (non-hydrogen) atoms. The van der Waals surface area contributed by atoms with Gasteiger partial charge in [0.15, 0.2) is 11.5 Å². The van der Waals surface area contributed by atoms with Gasteiger partial charge in [-0.15, -0.1) is 0 Å². The number of methoxy groups -OCH3 is 2. The van der Waals surface area contributed by atoms with Gasteiger partial charge in [-0.25, -0.2) is 4.98 Å². The van der Waals surface area contributed by atoms with Gasteiger partial charge in [0, 0.05) is 12.7 Å². The number of pyridine rings is 1. The van der Waals surface area contributed by atoms with Crippen molar-refractivity contribution in [1.82, 2.24) is 10.3 Å². The predicted molar refractivity (Wildman–Crippen MR) is 90.9 cm³/mol. The smallest absolute Gasteiger partial charge is 0.233 e. The number of nitrogens with zero attached hydrogens (tertiary/aromatic N) is 1. The first-order valence-electron chi connectivity index (χ1n) is 7.20. The van der Waals surface area contributed by atoms with Crippen LogP contribution in [0.4, 0.5) is 0 Å². The molecule has 122 valence electrons. The lowest BCUT2D eigenvalue weighted by molar-refractivity contribution is -0.120. The van der Waals surface area contributed by atoms with E-state index in [1.807, 2.05) is 43.3 Å². The maximum Gasteiger partial charge on any atom is 0.233 e. The molecule has 0 aliphatic heterocycles. The minimum Gasteiger partial charge on any atom is -0.493 e. The van der Waals surface area contributed by atoms with Crippen molar-refractivity contribution in [2.75, 3.05) is 14.2 Å². The van der Waals surface area contributed by atoms with E-state index in [0.29, 0.717) is 18.0 Å². The first-order valence-corrected chi connectivity index (χ1v) is 8.08. The Labute approximate surface area is 140 Å².